The Bertz CT molecular complexity index is 821. The summed E-state index contributed by atoms with van der Waals surface area (Å²) in [6.45, 7) is 1.91. The molecule has 0 aliphatic rings. The zero-order valence-electron chi connectivity index (χ0n) is 11.6. The Morgan fingerprint density at radius 3 is 3.05 bits per heavy atom. The van der Waals surface area contributed by atoms with E-state index in [9.17, 15) is 4.79 Å². The fraction of sp³-hybridized carbons (Fsp3) is 0.231. The number of nitrogens with one attached hydrogen (secondary N) is 1. The molecule has 0 saturated heterocycles. The molecule has 1 amide bonds. The third kappa shape index (κ3) is 2.70. The molecule has 0 bridgehead atoms. The number of anilines is 2. The van der Waals surface area contributed by atoms with Crippen molar-refractivity contribution < 1.29 is 4.79 Å². The first-order valence-corrected chi connectivity index (χ1v) is 7.20. The van der Waals surface area contributed by atoms with Crippen LogP contribution in [-0.2, 0) is 18.3 Å². The number of nitrogens with zero attached hydrogens (tertiary/aromatic N) is 4. The molecule has 0 aromatic carbocycles. The first kappa shape index (κ1) is 13.5. The monoisotopic (exact) mass is 302 g/mol. The number of nitrogens with two attached hydrogens (primary N) is 1. The van der Waals surface area contributed by atoms with E-state index in [1.807, 2.05) is 20.0 Å². The smallest absolute Gasteiger partial charge is 0.230 e. The third-order valence-corrected chi connectivity index (χ3v) is 3.78. The summed E-state index contributed by atoms with van der Waals surface area (Å²) < 4.78 is 1.72. The molecule has 8 heteroatoms. The predicted molar refractivity (Wildman–Crippen MR) is 82.1 cm³/mol. The summed E-state index contributed by atoms with van der Waals surface area (Å²) in [4.78, 5) is 20.4. The topological polar surface area (TPSA) is 98.7 Å². The molecule has 7 nitrogen and oxygen atoms in total. The van der Waals surface area contributed by atoms with E-state index in [0.717, 1.165) is 16.7 Å². The number of nitrogen functional groups attached to an aromatic ring is 1. The summed E-state index contributed by atoms with van der Waals surface area (Å²) in [7, 11) is 1.84. The SMILES string of the molecule is Cc1nn(C)c2ncc(NC(=O)Cc3csc(N)n3)cc12. The van der Waals surface area contributed by atoms with Crippen LogP contribution in [0.1, 0.15) is 11.4 Å². The molecule has 108 valence electrons. The zero-order chi connectivity index (χ0) is 15.0. The number of hydrogen-bond donors (Lipinski definition) is 2. The molecule has 3 rings (SSSR count). The van der Waals surface area contributed by atoms with Gasteiger partial charge in [-0.25, -0.2) is 9.97 Å². The summed E-state index contributed by atoms with van der Waals surface area (Å²) in [6.07, 6.45) is 1.81. The second kappa shape index (κ2) is 5.13. The summed E-state index contributed by atoms with van der Waals surface area (Å²) in [5, 5.41) is 10.3. The van der Waals surface area contributed by atoms with Gasteiger partial charge in [0.1, 0.15) is 0 Å². The molecule has 3 aromatic heterocycles. The summed E-state index contributed by atoms with van der Waals surface area (Å²) in [6, 6.07) is 1.87. The number of fused-ring (bicyclic) bond motifs is 1. The maximum absolute atomic E-state index is 12.0. The highest BCUT2D eigenvalue weighted by molar-refractivity contribution is 7.13. The minimum Gasteiger partial charge on any atom is -0.375 e. The van der Waals surface area contributed by atoms with Gasteiger partial charge in [0.25, 0.3) is 0 Å². The first-order valence-electron chi connectivity index (χ1n) is 6.32. The second-order valence-electron chi connectivity index (χ2n) is 4.71. The second-order valence-corrected chi connectivity index (χ2v) is 5.60. The fourth-order valence-electron chi connectivity index (χ4n) is 2.15. The maximum atomic E-state index is 12.0. The molecule has 0 unspecified atom stereocenters. The minimum atomic E-state index is -0.150. The quantitative estimate of drug-likeness (QED) is 0.764. The van der Waals surface area contributed by atoms with Gasteiger partial charge in [-0.15, -0.1) is 11.3 Å². The third-order valence-electron chi connectivity index (χ3n) is 3.06. The molecule has 3 aromatic rings. The Morgan fingerprint density at radius 1 is 1.52 bits per heavy atom. The Hall–Kier alpha value is -2.48. The van der Waals surface area contributed by atoms with Gasteiger partial charge < -0.3 is 11.1 Å². The van der Waals surface area contributed by atoms with Crippen LogP contribution in [0.15, 0.2) is 17.6 Å². The van der Waals surface area contributed by atoms with E-state index in [-0.39, 0.29) is 12.3 Å². The van der Waals surface area contributed by atoms with E-state index in [0.29, 0.717) is 16.5 Å². The molecular formula is C13H14N6OS. The lowest BCUT2D eigenvalue weighted by molar-refractivity contribution is -0.115. The Morgan fingerprint density at radius 2 is 2.33 bits per heavy atom. The molecule has 0 radical (unpaired) electrons. The molecule has 0 atom stereocenters. The number of pyridine rings is 1. The van der Waals surface area contributed by atoms with Crippen LogP contribution in [0.5, 0.6) is 0 Å². The fourth-order valence-corrected chi connectivity index (χ4v) is 2.71. The van der Waals surface area contributed by atoms with E-state index >= 15 is 0 Å². The number of aryl methyl sites for hydroxylation is 2. The predicted octanol–water partition coefficient (Wildman–Crippen LogP) is 1.50. The van der Waals surface area contributed by atoms with E-state index in [1.54, 1.807) is 16.3 Å². The highest BCUT2D eigenvalue weighted by Crippen LogP contribution is 2.19. The number of aromatic nitrogens is 4. The van der Waals surface area contributed by atoms with E-state index in [2.05, 4.69) is 20.4 Å². The van der Waals surface area contributed by atoms with Crippen molar-refractivity contribution >= 4 is 39.1 Å². The van der Waals surface area contributed by atoms with E-state index in [4.69, 9.17) is 5.73 Å². The van der Waals surface area contributed by atoms with E-state index in [1.165, 1.54) is 11.3 Å². The number of carbonyl (C=O) groups excluding carboxylic acids is 1. The van der Waals surface area contributed by atoms with Crippen molar-refractivity contribution in [3.05, 3.63) is 29.0 Å². The van der Waals surface area contributed by atoms with Crippen LogP contribution in [0.4, 0.5) is 10.8 Å². The van der Waals surface area contributed by atoms with Crippen LogP contribution in [0, 0.1) is 6.92 Å². The van der Waals surface area contributed by atoms with Crippen molar-refractivity contribution in [1.29, 1.82) is 0 Å². The molecule has 3 heterocycles. The van der Waals surface area contributed by atoms with Gasteiger partial charge >= 0.3 is 0 Å². The van der Waals surface area contributed by atoms with Crippen molar-refractivity contribution in [3.8, 4) is 0 Å². The molecule has 3 N–H and O–H groups in total. The lowest BCUT2D eigenvalue weighted by atomic mass is 10.2. The van der Waals surface area contributed by atoms with Crippen molar-refractivity contribution in [3.63, 3.8) is 0 Å². The van der Waals surface area contributed by atoms with Crippen LogP contribution < -0.4 is 11.1 Å². The van der Waals surface area contributed by atoms with Crippen molar-refractivity contribution in [1.82, 2.24) is 19.7 Å². The molecule has 0 fully saturated rings. The van der Waals surface area contributed by atoms with Gasteiger partial charge in [0.2, 0.25) is 5.91 Å². The Kier molecular flexibility index (Phi) is 3.30. The van der Waals surface area contributed by atoms with Gasteiger partial charge in [0.15, 0.2) is 10.8 Å². The minimum absolute atomic E-state index is 0.150. The average molecular weight is 302 g/mol. The lowest BCUT2D eigenvalue weighted by Gasteiger charge is -2.04. The number of amides is 1. The van der Waals surface area contributed by atoms with Crippen LogP contribution in [-0.4, -0.2) is 25.7 Å². The zero-order valence-corrected chi connectivity index (χ0v) is 12.4. The lowest BCUT2D eigenvalue weighted by Crippen LogP contribution is -2.14. The number of thiazole rings is 1. The largest absolute Gasteiger partial charge is 0.375 e. The van der Waals surface area contributed by atoms with Gasteiger partial charge in [-0.1, -0.05) is 0 Å². The summed E-state index contributed by atoms with van der Waals surface area (Å²) in [5.41, 5.74) is 8.53. The summed E-state index contributed by atoms with van der Waals surface area (Å²) >= 11 is 1.32. The van der Waals surface area contributed by atoms with Crippen LogP contribution in [0.2, 0.25) is 0 Å². The van der Waals surface area contributed by atoms with Crippen molar-refractivity contribution in [2.45, 2.75) is 13.3 Å². The van der Waals surface area contributed by atoms with Gasteiger partial charge in [0, 0.05) is 17.8 Å². The van der Waals surface area contributed by atoms with Crippen LogP contribution in [0.3, 0.4) is 0 Å². The summed E-state index contributed by atoms with van der Waals surface area (Å²) in [5.74, 6) is -0.150. The number of hydrogen-bond acceptors (Lipinski definition) is 6. The number of carbonyl (C=O) groups is 1. The molecule has 0 aliphatic carbocycles. The van der Waals surface area contributed by atoms with Crippen LogP contribution >= 0.6 is 11.3 Å². The van der Waals surface area contributed by atoms with Gasteiger partial charge in [0.05, 0.1) is 29.7 Å². The van der Waals surface area contributed by atoms with Crippen LogP contribution in [0.25, 0.3) is 11.0 Å². The highest BCUT2D eigenvalue weighted by Gasteiger charge is 2.10. The number of rotatable bonds is 3. The molecule has 0 saturated carbocycles. The Balaban J connectivity index is 1.78. The molecule has 0 aliphatic heterocycles. The molecule has 0 spiro atoms. The van der Waals surface area contributed by atoms with Gasteiger partial charge in [-0.05, 0) is 13.0 Å². The molecule has 21 heavy (non-hydrogen) atoms. The average Bonchev–Trinajstić information content (AvgIpc) is 2.94. The first-order chi connectivity index (χ1) is 10.0. The maximum Gasteiger partial charge on any atom is 0.230 e. The van der Waals surface area contributed by atoms with Gasteiger partial charge in [-0.2, -0.15) is 5.10 Å². The van der Waals surface area contributed by atoms with E-state index < -0.39 is 0 Å². The Labute approximate surface area is 124 Å². The molecular weight excluding hydrogens is 288 g/mol. The normalized spacial score (nSPS) is 11.0. The van der Waals surface area contributed by atoms with Crippen molar-refractivity contribution in [2.24, 2.45) is 7.05 Å². The van der Waals surface area contributed by atoms with Gasteiger partial charge in [-0.3, -0.25) is 9.48 Å². The highest BCUT2D eigenvalue weighted by atomic mass is 32.1. The standard InChI is InChI=1S/C13H14N6OS/c1-7-10-3-8(5-15-12(10)19(2)18-7)16-11(20)4-9-6-21-13(14)17-9/h3,5-6H,4H2,1-2H3,(H2,14,17)(H,16,20). The van der Waals surface area contributed by atoms with Crippen molar-refractivity contribution in [2.75, 3.05) is 11.1 Å².